The molecule has 2 unspecified atom stereocenters. The molecule has 1 aliphatic heterocycles. The van der Waals surface area contributed by atoms with E-state index >= 15 is 0 Å². The van der Waals surface area contributed by atoms with E-state index in [1.807, 2.05) is 7.05 Å². The summed E-state index contributed by atoms with van der Waals surface area (Å²) in [6, 6.07) is 0.213. The molecule has 8 nitrogen and oxygen atoms in total. The van der Waals surface area contributed by atoms with Crippen LogP contribution in [0.1, 0.15) is 19.8 Å². The third-order valence-corrected chi connectivity index (χ3v) is 5.22. The number of nitrogens with zero attached hydrogens (tertiary/aromatic N) is 3. The SMILES string of the molecule is CC1CC(NS(=O)(=O)c2cnn(CC(=O)O)c2)CCN1C. The largest absolute Gasteiger partial charge is 0.480 e. The van der Waals surface area contributed by atoms with Crippen LogP contribution in [0.2, 0.25) is 0 Å². The van der Waals surface area contributed by atoms with Gasteiger partial charge in [0.1, 0.15) is 11.4 Å². The molecular formula is C12H20N4O4S. The van der Waals surface area contributed by atoms with Crippen molar-refractivity contribution in [1.82, 2.24) is 19.4 Å². The monoisotopic (exact) mass is 316 g/mol. The maximum absolute atomic E-state index is 12.3. The summed E-state index contributed by atoms with van der Waals surface area (Å²) in [5.74, 6) is -1.07. The predicted molar refractivity (Wildman–Crippen MR) is 75.3 cm³/mol. The van der Waals surface area contributed by atoms with Gasteiger partial charge in [-0.1, -0.05) is 0 Å². The fourth-order valence-electron chi connectivity index (χ4n) is 2.39. The molecule has 0 bridgehead atoms. The highest BCUT2D eigenvalue weighted by Gasteiger charge is 2.27. The number of hydrogen-bond acceptors (Lipinski definition) is 5. The molecule has 1 fully saturated rings. The molecule has 1 saturated heterocycles. The number of aromatic nitrogens is 2. The van der Waals surface area contributed by atoms with Crippen molar-refractivity contribution in [3.8, 4) is 0 Å². The molecule has 0 aromatic carbocycles. The lowest BCUT2D eigenvalue weighted by Crippen LogP contribution is -2.47. The topological polar surface area (TPSA) is 105 Å². The molecule has 9 heteroatoms. The Morgan fingerprint density at radius 2 is 2.29 bits per heavy atom. The summed E-state index contributed by atoms with van der Waals surface area (Å²) < 4.78 is 28.3. The van der Waals surface area contributed by atoms with E-state index in [2.05, 4.69) is 21.6 Å². The van der Waals surface area contributed by atoms with Crippen molar-refractivity contribution < 1.29 is 18.3 Å². The Labute approximate surface area is 123 Å². The number of sulfonamides is 1. The summed E-state index contributed by atoms with van der Waals surface area (Å²) in [6.07, 6.45) is 3.90. The summed E-state index contributed by atoms with van der Waals surface area (Å²) in [7, 11) is -1.64. The molecule has 118 valence electrons. The van der Waals surface area contributed by atoms with E-state index in [0.717, 1.165) is 24.1 Å². The molecule has 2 atom stereocenters. The molecule has 0 aliphatic carbocycles. The lowest BCUT2D eigenvalue weighted by Gasteiger charge is -2.35. The number of likely N-dealkylation sites (tertiary alicyclic amines) is 1. The van der Waals surface area contributed by atoms with E-state index in [1.165, 1.54) is 12.4 Å². The summed E-state index contributed by atoms with van der Waals surface area (Å²) >= 11 is 0. The first-order valence-electron chi connectivity index (χ1n) is 6.75. The van der Waals surface area contributed by atoms with E-state index in [0.29, 0.717) is 6.04 Å². The van der Waals surface area contributed by atoms with Crippen LogP contribution in [0.15, 0.2) is 17.3 Å². The Balaban J connectivity index is 2.04. The highest BCUT2D eigenvalue weighted by molar-refractivity contribution is 7.89. The minimum atomic E-state index is -3.66. The van der Waals surface area contributed by atoms with Gasteiger partial charge in [-0.2, -0.15) is 5.10 Å². The van der Waals surface area contributed by atoms with Crippen molar-refractivity contribution in [1.29, 1.82) is 0 Å². The third-order valence-electron chi connectivity index (χ3n) is 3.75. The van der Waals surface area contributed by atoms with Crippen LogP contribution in [0.25, 0.3) is 0 Å². The molecule has 2 rings (SSSR count). The standard InChI is InChI=1S/C12H20N4O4S/c1-9-5-10(3-4-15(9)2)14-21(19,20)11-6-13-16(7-11)8-12(17)18/h6-7,9-10,14H,3-5,8H2,1-2H3,(H,17,18). The van der Waals surface area contributed by atoms with Crippen molar-refractivity contribution in [2.24, 2.45) is 0 Å². The number of carboxylic acid groups (broad SMARTS) is 1. The first-order valence-corrected chi connectivity index (χ1v) is 8.23. The molecule has 1 aromatic heterocycles. The fourth-order valence-corrected chi connectivity index (χ4v) is 3.63. The average Bonchev–Trinajstić information content (AvgIpc) is 2.82. The van der Waals surface area contributed by atoms with Crippen LogP contribution in [0.5, 0.6) is 0 Å². The second-order valence-corrected chi connectivity index (χ2v) is 7.15. The Bertz CT molecular complexity index is 613. The highest BCUT2D eigenvalue weighted by atomic mass is 32.2. The van der Waals surface area contributed by atoms with Gasteiger partial charge in [0.25, 0.3) is 0 Å². The van der Waals surface area contributed by atoms with Gasteiger partial charge in [0, 0.05) is 18.3 Å². The van der Waals surface area contributed by atoms with Crippen LogP contribution in [0, 0.1) is 0 Å². The summed E-state index contributed by atoms with van der Waals surface area (Å²) in [6.45, 7) is 2.54. The Hall–Kier alpha value is -1.45. The number of piperidine rings is 1. The second kappa shape index (κ2) is 6.12. The van der Waals surface area contributed by atoms with Gasteiger partial charge in [0.15, 0.2) is 0 Å². The van der Waals surface area contributed by atoms with Crippen LogP contribution in [0.3, 0.4) is 0 Å². The van der Waals surface area contributed by atoms with Gasteiger partial charge < -0.3 is 10.0 Å². The van der Waals surface area contributed by atoms with Crippen LogP contribution in [0.4, 0.5) is 0 Å². The second-order valence-electron chi connectivity index (χ2n) is 5.44. The van der Waals surface area contributed by atoms with Crippen LogP contribution < -0.4 is 4.72 Å². The number of nitrogens with one attached hydrogen (secondary N) is 1. The Morgan fingerprint density at radius 1 is 1.57 bits per heavy atom. The molecule has 2 N–H and O–H groups in total. The fraction of sp³-hybridized carbons (Fsp3) is 0.667. The van der Waals surface area contributed by atoms with Gasteiger partial charge >= 0.3 is 5.97 Å². The van der Waals surface area contributed by atoms with Gasteiger partial charge in [-0.05, 0) is 33.4 Å². The maximum Gasteiger partial charge on any atom is 0.325 e. The van der Waals surface area contributed by atoms with Crippen molar-refractivity contribution in [2.75, 3.05) is 13.6 Å². The summed E-state index contributed by atoms with van der Waals surface area (Å²) in [5, 5.41) is 12.4. The van der Waals surface area contributed by atoms with Gasteiger partial charge in [0.2, 0.25) is 10.0 Å². The van der Waals surface area contributed by atoms with Crippen LogP contribution >= 0.6 is 0 Å². The zero-order valence-electron chi connectivity index (χ0n) is 12.1. The van der Waals surface area contributed by atoms with Crippen molar-refractivity contribution in [3.05, 3.63) is 12.4 Å². The number of carbonyl (C=O) groups is 1. The maximum atomic E-state index is 12.3. The third kappa shape index (κ3) is 4.02. The first-order chi connectivity index (χ1) is 9.78. The highest BCUT2D eigenvalue weighted by Crippen LogP contribution is 2.18. The van der Waals surface area contributed by atoms with Gasteiger partial charge in [-0.25, -0.2) is 13.1 Å². The molecule has 2 heterocycles. The first kappa shape index (κ1) is 15.9. The summed E-state index contributed by atoms with van der Waals surface area (Å²) in [4.78, 5) is 12.8. The van der Waals surface area contributed by atoms with E-state index in [-0.39, 0.29) is 17.5 Å². The number of aliphatic carboxylic acids is 1. The normalized spacial score (nSPS) is 24.1. The number of carboxylic acids is 1. The minimum absolute atomic E-state index is 0.00432. The van der Waals surface area contributed by atoms with Gasteiger partial charge in [-0.3, -0.25) is 9.48 Å². The van der Waals surface area contributed by atoms with Gasteiger partial charge in [0.05, 0.1) is 6.20 Å². The molecule has 0 radical (unpaired) electrons. The van der Waals surface area contributed by atoms with E-state index in [4.69, 9.17) is 5.11 Å². The number of hydrogen-bond donors (Lipinski definition) is 2. The number of rotatable bonds is 5. The summed E-state index contributed by atoms with van der Waals surface area (Å²) in [5.41, 5.74) is 0. The Morgan fingerprint density at radius 3 is 2.90 bits per heavy atom. The molecule has 1 aromatic rings. The quantitative estimate of drug-likeness (QED) is 0.775. The zero-order valence-corrected chi connectivity index (χ0v) is 12.9. The van der Waals surface area contributed by atoms with Crippen molar-refractivity contribution in [3.63, 3.8) is 0 Å². The smallest absolute Gasteiger partial charge is 0.325 e. The van der Waals surface area contributed by atoms with Crippen LogP contribution in [-0.2, 0) is 21.4 Å². The van der Waals surface area contributed by atoms with Crippen molar-refractivity contribution in [2.45, 2.75) is 43.3 Å². The van der Waals surface area contributed by atoms with E-state index in [1.54, 1.807) is 0 Å². The average molecular weight is 316 g/mol. The molecular weight excluding hydrogens is 296 g/mol. The lowest BCUT2D eigenvalue weighted by atomic mass is 10.0. The minimum Gasteiger partial charge on any atom is -0.480 e. The van der Waals surface area contributed by atoms with E-state index < -0.39 is 16.0 Å². The van der Waals surface area contributed by atoms with Crippen LogP contribution in [-0.4, -0.2) is 59.9 Å². The molecule has 1 aliphatic rings. The zero-order chi connectivity index (χ0) is 15.6. The van der Waals surface area contributed by atoms with E-state index in [9.17, 15) is 13.2 Å². The lowest BCUT2D eigenvalue weighted by molar-refractivity contribution is -0.137. The molecule has 21 heavy (non-hydrogen) atoms. The molecule has 0 saturated carbocycles. The predicted octanol–water partition coefficient (Wildman–Crippen LogP) is -0.271. The molecule has 0 spiro atoms. The van der Waals surface area contributed by atoms with Gasteiger partial charge in [-0.15, -0.1) is 0 Å². The molecule has 0 amide bonds. The van der Waals surface area contributed by atoms with Crippen molar-refractivity contribution >= 4 is 16.0 Å². The Kier molecular flexibility index (Phi) is 4.64.